The van der Waals surface area contributed by atoms with E-state index in [0.29, 0.717) is 5.69 Å². The smallest absolute Gasteiger partial charge is 0.271 e. The molecule has 0 fully saturated rings. The summed E-state index contributed by atoms with van der Waals surface area (Å²) in [6, 6.07) is 5.97. The van der Waals surface area contributed by atoms with Gasteiger partial charge in [0.2, 0.25) is 0 Å². The molecule has 0 aliphatic carbocycles. The van der Waals surface area contributed by atoms with Crippen LogP contribution in [0.25, 0.3) is 0 Å². The summed E-state index contributed by atoms with van der Waals surface area (Å²) in [7, 11) is 0. The van der Waals surface area contributed by atoms with Crippen molar-refractivity contribution < 1.29 is 9.31 Å². The summed E-state index contributed by atoms with van der Waals surface area (Å²) in [4.78, 5) is 9.85. The van der Waals surface area contributed by atoms with Crippen LogP contribution < -0.4 is 5.32 Å². The van der Waals surface area contributed by atoms with Gasteiger partial charge in [-0.05, 0) is 6.07 Å². The van der Waals surface area contributed by atoms with Crippen molar-refractivity contribution in [3.63, 3.8) is 0 Å². The number of nitrogens with one attached hydrogen (secondary N) is 1. The van der Waals surface area contributed by atoms with E-state index >= 15 is 0 Å². The standard InChI is InChI=1S/C8H9FN2O2/c9-4-5-10-7-2-1-3-8(6-7)11(12)13/h1-3,6,10H,4-5H2. The Morgan fingerprint density at radius 2 is 2.31 bits per heavy atom. The molecule has 0 aliphatic heterocycles. The molecule has 1 N–H and O–H groups in total. The molecule has 0 bridgehead atoms. The molecule has 0 radical (unpaired) electrons. The number of alkyl halides is 1. The number of halogens is 1. The van der Waals surface area contributed by atoms with Crippen LogP contribution in [-0.4, -0.2) is 18.1 Å². The van der Waals surface area contributed by atoms with Crippen molar-refractivity contribution in [1.82, 2.24) is 0 Å². The molecular formula is C8H9FN2O2. The first-order valence-corrected chi connectivity index (χ1v) is 3.78. The fourth-order valence-electron chi connectivity index (χ4n) is 0.921. The zero-order valence-electron chi connectivity index (χ0n) is 6.87. The van der Waals surface area contributed by atoms with Crippen LogP contribution in [0.4, 0.5) is 15.8 Å². The highest BCUT2D eigenvalue weighted by molar-refractivity contribution is 5.50. The fourth-order valence-corrected chi connectivity index (χ4v) is 0.921. The summed E-state index contributed by atoms with van der Waals surface area (Å²) in [6.07, 6.45) is 0. The number of benzene rings is 1. The minimum atomic E-state index is -0.497. The Labute approximate surface area is 74.5 Å². The molecule has 1 rings (SSSR count). The maximum absolute atomic E-state index is 11.7. The van der Waals surface area contributed by atoms with Crippen LogP contribution in [0, 0.1) is 10.1 Å². The SMILES string of the molecule is O=[N+]([O-])c1cccc(NCCF)c1. The molecule has 0 spiro atoms. The number of nitro benzene ring substituents is 1. The zero-order chi connectivity index (χ0) is 9.68. The highest BCUT2D eigenvalue weighted by Gasteiger charge is 2.04. The van der Waals surface area contributed by atoms with Crippen LogP contribution in [0.1, 0.15) is 0 Å². The number of rotatable bonds is 4. The van der Waals surface area contributed by atoms with E-state index in [4.69, 9.17) is 0 Å². The predicted molar refractivity (Wildman–Crippen MR) is 47.6 cm³/mol. The minimum Gasteiger partial charge on any atom is -0.382 e. The topological polar surface area (TPSA) is 55.2 Å². The summed E-state index contributed by atoms with van der Waals surface area (Å²) in [5.74, 6) is 0. The average molecular weight is 184 g/mol. The number of hydrogen-bond donors (Lipinski definition) is 1. The van der Waals surface area contributed by atoms with E-state index in [1.54, 1.807) is 12.1 Å². The zero-order valence-corrected chi connectivity index (χ0v) is 6.87. The van der Waals surface area contributed by atoms with E-state index in [-0.39, 0.29) is 12.2 Å². The molecular weight excluding hydrogens is 175 g/mol. The normalized spacial score (nSPS) is 9.62. The second-order valence-corrected chi connectivity index (χ2v) is 2.42. The summed E-state index contributed by atoms with van der Waals surface area (Å²) < 4.78 is 11.7. The summed E-state index contributed by atoms with van der Waals surface area (Å²) >= 11 is 0. The van der Waals surface area contributed by atoms with E-state index in [1.807, 2.05) is 0 Å². The predicted octanol–water partition coefficient (Wildman–Crippen LogP) is 1.98. The van der Waals surface area contributed by atoms with Crippen LogP contribution >= 0.6 is 0 Å². The molecule has 0 aromatic heterocycles. The Bertz CT molecular complexity index is 304. The van der Waals surface area contributed by atoms with Gasteiger partial charge in [-0.25, -0.2) is 4.39 Å². The molecule has 0 aliphatic rings. The molecule has 0 amide bonds. The van der Waals surface area contributed by atoms with Crippen LogP contribution in [0.3, 0.4) is 0 Å². The quantitative estimate of drug-likeness (QED) is 0.575. The van der Waals surface area contributed by atoms with Crippen molar-refractivity contribution in [1.29, 1.82) is 0 Å². The fraction of sp³-hybridized carbons (Fsp3) is 0.250. The largest absolute Gasteiger partial charge is 0.382 e. The number of hydrogen-bond acceptors (Lipinski definition) is 3. The summed E-state index contributed by atoms with van der Waals surface area (Å²) in [5, 5.41) is 13.0. The molecule has 0 unspecified atom stereocenters. The second-order valence-electron chi connectivity index (χ2n) is 2.42. The van der Waals surface area contributed by atoms with Crippen molar-refractivity contribution in [2.45, 2.75) is 0 Å². The lowest BCUT2D eigenvalue weighted by molar-refractivity contribution is -0.384. The Kier molecular flexibility index (Phi) is 3.19. The second kappa shape index (κ2) is 4.39. The van der Waals surface area contributed by atoms with Gasteiger partial charge in [-0.15, -0.1) is 0 Å². The maximum Gasteiger partial charge on any atom is 0.271 e. The van der Waals surface area contributed by atoms with Gasteiger partial charge < -0.3 is 5.32 Å². The van der Waals surface area contributed by atoms with Crippen molar-refractivity contribution in [3.05, 3.63) is 34.4 Å². The lowest BCUT2D eigenvalue weighted by atomic mass is 10.3. The minimum absolute atomic E-state index is 0.00357. The van der Waals surface area contributed by atoms with E-state index in [9.17, 15) is 14.5 Å². The van der Waals surface area contributed by atoms with Gasteiger partial charge in [0.1, 0.15) is 6.67 Å². The number of non-ortho nitro benzene ring substituents is 1. The summed E-state index contributed by atoms with van der Waals surface area (Å²) in [5.41, 5.74) is 0.565. The molecule has 1 aromatic rings. The Hall–Kier alpha value is -1.65. The first-order valence-electron chi connectivity index (χ1n) is 3.78. The van der Waals surface area contributed by atoms with Crippen molar-refractivity contribution >= 4 is 11.4 Å². The van der Waals surface area contributed by atoms with Crippen molar-refractivity contribution in [3.8, 4) is 0 Å². The molecule has 0 saturated carbocycles. The van der Waals surface area contributed by atoms with Gasteiger partial charge in [-0.2, -0.15) is 0 Å². The lowest BCUT2D eigenvalue weighted by Gasteiger charge is -2.01. The number of nitro groups is 1. The maximum atomic E-state index is 11.7. The van der Waals surface area contributed by atoms with Gasteiger partial charge in [0.05, 0.1) is 4.92 Å². The molecule has 5 heteroatoms. The van der Waals surface area contributed by atoms with Crippen LogP contribution in [-0.2, 0) is 0 Å². The number of nitrogens with zero attached hydrogens (tertiary/aromatic N) is 1. The highest BCUT2D eigenvalue weighted by Crippen LogP contribution is 2.16. The van der Waals surface area contributed by atoms with Gasteiger partial charge in [0.25, 0.3) is 5.69 Å². The molecule has 13 heavy (non-hydrogen) atoms. The molecule has 0 saturated heterocycles. The lowest BCUT2D eigenvalue weighted by Crippen LogP contribution is -2.02. The van der Waals surface area contributed by atoms with Crippen molar-refractivity contribution in [2.75, 3.05) is 18.5 Å². The van der Waals surface area contributed by atoms with Crippen LogP contribution in [0.2, 0.25) is 0 Å². The average Bonchev–Trinajstić information content (AvgIpc) is 2.15. The third-order valence-electron chi connectivity index (χ3n) is 1.48. The molecule has 0 atom stereocenters. The monoisotopic (exact) mass is 184 g/mol. The third kappa shape index (κ3) is 2.70. The Balaban J connectivity index is 2.73. The Morgan fingerprint density at radius 1 is 1.54 bits per heavy atom. The van der Waals surface area contributed by atoms with Crippen molar-refractivity contribution in [2.24, 2.45) is 0 Å². The van der Waals surface area contributed by atoms with Crippen LogP contribution in [0.5, 0.6) is 0 Å². The highest BCUT2D eigenvalue weighted by atomic mass is 19.1. The van der Waals surface area contributed by atoms with E-state index in [1.165, 1.54) is 12.1 Å². The first-order chi connectivity index (χ1) is 6.24. The van der Waals surface area contributed by atoms with Gasteiger partial charge in [0, 0.05) is 24.4 Å². The van der Waals surface area contributed by atoms with Crippen LogP contribution in [0.15, 0.2) is 24.3 Å². The molecule has 4 nitrogen and oxygen atoms in total. The Morgan fingerprint density at radius 3 is 2.92 bits per heavy atom. The van der Waals surface area contributed by atoms with Gasteiger partial charge in [-0.1, -0.05) is 6.07 Å². The van der Waals surface area contributed by atoms with E-state index in [2.05, 4.69) is 5.32 Å². The van der Waals surface area contributed by atoms with Gasteiger partial charge >= 0.3 is 0 Å². The summed E-state index contributed by atoms with van der Waals surface area (Å²) in [6.45, 7) is -0.330. The van der Waals surface area contributed by atoms with Gasteiger partial charge in [0.15, 0.2) is 0 Å². The van der Waals surface area contributed by atoms with E-state index < -0.39 is 11.6 Å². The molecule has 70 valence electrons. The molecule has 1 aromatic carbocycles. The number of anilines is 1. The van der Waals surface area contributed by atoms with E-state index in [0.717, 1.165) is 0 Å². The first kappa shape index (κ1) is 9.44. The van der Waals surface area contributed by atoms with Gasteiger partial charge in [-0.3, -0.25) is 10.1 Å². The third-order valence-corrected chi connectivity index (χ3v) is 1.48. The molecule has 0 heterocycles.